The first-order valence-electron chi connectivity index (χ1n) is 5.77. The van der Waals surface area contributed by atoms with Crippen molar-refractivity contribution in [3.63, 3.8) is 0 Å². The number of imidazole rings is 1. The summed E-state index contributed by atoms with van der Waals surface area (Å²) in [6.07, 6.45) is 2.58. The highest BCUT2D eigenvalue weighted by Gasteiger charge is 2.18. The molecule has 0 amide bonds. The van der Waals surface area contributed by atoms with Gasteiger partial charge in [0, 0.05) is 16.8 Å². The van der Waals surface area contributed by atoms with Crippen LogP contribution in [-0.4, -0.2) is 20.6 Å². The Kier molecular flexibility index (Phi) is 2.92. The third-order valence-corrected chi connectivity index (χ3v) is 4.77. The number of hydrogen-bond acceptors (Lipinski definition) is 3. The summed E-state index contributed by atoms with van der Waals surface area (Å²) < 4.78 is 2.09. The number of anilines is 1. The SMILES string of the molecule is Nc1nc2ccc(Cl)cc2n1CC1CCCS1. The average molecular weight is 268 g/mol. The van der Waals surface area contributed by atoms with Crippen molar-refractivity contribution in [2.75, 3.05) is 11.5 Å². The van der Waals surface area contributed by atoms with Crippen molar-refractivity contribution in [3.05, 3.63) is 23.2 Å². The van der Waals surface area contributed by atoms with E-state index in [2.05, 4.69) is 9.55 Å². The number of rotatable bonds is 2. The molecule has 17 heavy (non-hydrogen) atoms. The predicted octanol–water partition coefficient (Wildman–Crippen LogP) is 3.17. The molecule has 1 unspecified atom stereocenters. The topological polar surface area (TPSA) is 43.8 Å². The number of hydrogen-bond donors (Lipinski definition) is 1. The van der Waals surface area contributed by atoms with Crippen molar-refractivity contribution in [2.24, 2.45) is 0 Å². The summed E-state index contributed by atoms with van der Waals surface area (Å²) in [5.74, 6) is 1.85. The van der Waals surface area contributed by atoms with Gasteiger partial charge >= 0.3 is 0 Å². The molecule has 90 valence electrons. The van der Waals surface area contributed by atoms with Gasteiger partial charge in [-0.1, -0.05) is 11.6 Å². The van der Waals surface area contributed by atoms with Crippen LogP contribution in [0.15, 0.2) is 18.2 Å². The van der Waals surface area contributed by atoms with Gasteiger partial charge in [-0.3, -0.25) is 0 Å². The Labute approximate surface area is 109 Å². The molecule has 0 aliphatic carbocycles. The number of nitrogens with two attached hydrogens (primary N) is 1. The zero-order chi connectivity index (χ0) is 11.8. The molecule has 0 bridgehead atoms. The number of nitrogens with zero attached hydrogens (tertiary/aromatic N) is 2. The third-order valence-electron chi connectivity index (χ3n) is 3.15. The van der Waals surface area contributed by atoms with Gasteiger partial charge in [0.15, 0.2) is 0 Å². The number of thioether (sulfide) groups is 1. The van der Waals surface area contributed by atoms with Crippen molar-refractivity contribution in [2.45, 2.75) is 24.6 Å². The molecule has 1 aliphatic rings. The highest BCUT2D eigenvalue weighted by molar-refractivity contribution is 8.00. The molecule has 1 fully saturated rings. The zero-order valence-electron chi connectivity index (χ0n) is 9.40. The van der Waals surface area contributed by atoms with Crippen LogP contribution in [0, 0.1) is 0 Å². The molecule has 1 aromatic heterocycles. The van der Waals surface area contributed by atoms with Crippen LogP contribution < -0.4 is 5.73 Å². The fourth-order valence-electron chi connectivity index (χ4n) is 2.30. The summed E-state index contributed by atoms with van der Waals surface area (Å²) in [6.45, 7) is 0.938. The molecule has 0 radical (unpaired) electrons. The first kappa shape index (κ1) is 11.2. The zero-order valence-corrected chi connectivity index (χ0v) is 11.0. The van der Waals surface area contributed by atoms with Crippen LogP contribution in [-0.2, 0) is 6.54 Å². The van der Waals surface area contributed by atoms with Gasteiger partial charge in [-0.15, -0.1) is 0 Å². The van der Waals surface area contributed by atoms with E-state index < -0.39 is 0 Å². The van der Waals surface area contributed by atoms with Gasteiger partial charge in [0.2, 0.25) is 5.95 Å². The Balaban J connectivity index is 2.01. The summed E-state index contributed by atoms with van der Waals surface area (Å²) in [5, 5.41) is 1.39. The van der Waals surface area contributed by atoms with Crippen LogP contribution in [0.1, 0.15) is 12.8 Å². The molecule has 1 saturated heterocycles. The Hall–Kier alpha value is -0.870. The molecule has 2 heterocycles. The van der Waals surface area contributed by atoms with Crippen LogP contribution in [0.25, 0.3) is 11.0 Å². The van der Waals surface area contributed by atoms with Crippen LogP contribution in [0.3, 0.4) is 0 Å². The predicted molar refractivity (Wildman–Crippen MR) is 74.6 cm³/mol. The van der Waals surface area contributed by atoms with E-state index in [1.165, 1.54) is 18.6 Å². The van der Waals surface area contributed by atoms with E-state index in [4.69, 9.17) is 17.3 Å². The number of aromatic nitrogens is 2. The number of benzene rings is 1. The number of nitrogen functional groups attached to an aromatic ring is 1. The van der Waals surface area contributed by atoms with Crippen molar-refractivity contribution in [1.29, 1.82) is 0 Å². The van der Waals surface area contributed by atoms with Gasteiger partial charge in [-0.2, -0.15) is 11.8 Å². The summed E-state index contributed by atoms with van der Waals surface area (Å²) in [6, 6.07) is 5.72. The minimum absolute atomic E-state index is 0.592. The van der Waals surface area contributed by atoms with E-state index in [-0.39, 0.29) is 0 Å². The summed E-state index contributed by atoms with van der Waals surface area (Å²) in [7, 11) is 0. The van der Waals surface area contributed by atoms with Gasteiger partial charge in [0.05, 0.1) is 11.0 Å². The molecule has 1 aromatic carbocycles. The van der Waals surface area contributed by atoms with Crippen molar-refractivity contribution in [3.8, 4) is 0 Å². The Bertz CT molecular complexity index is 546. The smallest absolute Gasteiger partial charge is 0.201 e. The second-order valence-corrected chi connectivity index (χ2v) is 6.19. The van der Waals surface area contributed by atoms with E-state index in [9.17, 15) is 0 Å². The van der Waals surface area contributed by atoms with Gasteiger partial charge in [-0.05, 0) is 36.8 Å². The Morgan fingerprint density at radius 2 is 2.41 bits per heavy atom. The van der Waals surface area contributed by atoms with Crippen molar-refractivity contribution >= 4 is 40.3 Å². The summed E-state index contributed by atoms with van der Waals surface area (Å²) in [5.41, 5.74) is 7.95. The van der Waals surface area contributed by atoms with Crippen LogP contribution in [0.4, 0.5) is 5.95 Å². The lowest BCUT2D eigenvalue weighted by Gasteiger charge is -2.11. The maximum Gasteiger partial charge on any atom is 0.201 e. The van der Waals surface area contributed by atoms with E-state index in [0.29, 0.717) is 11.2 Å². The number of halogens is 1. The first-order chi connectivity index (χ1) is 8.24. The van der Waals surface area contributed by atoms with Gasteiger partial charge in [0.1, 0.15) is 0 Å². The largest absolute Gasteiger partial charge is 0.369 e. The molecular formula is C12H14ClN3S. The molecule has 0 saturated carbocycles. The highest BCUT2D eigenvalue weighted by atomic mass is 35.5. The highest BCUT2D eigenvalue weighted by Crippen LogP contribution is 2.30. The van der Waals surface area contributed by atoms with Crippen LogP contribution in [0.5, 0.6) is 0 Å². The van der Waals surface area contributed by atoms with E-state index in [1.807, 2.05) is 30.0 Å². The standard InChI is InChI=1S/C12H14ClN3S/c13-8-3-4-10-11(6-8)16(12(14)15-10)7-9-2-1-5-17-9/h3-4,6,9H,1-2,5,7H2,(H2,14,15). The van der Waals surface area contributed by atoms with Crippen LogP contribution in [0.2, 0.25) is 5.02 Å². The molecule has 1 aliphatic heterocycles. The maximum absolute atomic E-state index is 6.03. The molecule has 3 rings (SSSR count). The van der Waals surface area contributed by atoms with Gasteiger partial charge < -0.3 is 10.3 Å². The van der Waals surface area contributed by atoms with Crippen LogP contribution >= 0.6 is 23.4 Å². The average Bonchev–Trinajstić information content (AvgIpc) is 2.90. The minimum atomic E-state index is 0.592. The second kappa shape index (κ2) is 4.42. The van der Waals surface area contributed by atoms with Gasteiger partial charge in [0.25, 0.3) is 0 Å². The molecule has 0 spiro atoms. The molecule has 2 aromatic rings. The Morgan fingerprint density at radius 3 is 3.18 bits per heavy atom. The number of fused-ring (bicyclic) bond motifs is 1. The minimum Gasteiger partial charge on any atom is -0.369 e. The van der Waals surface area contributed by atoms with Crippen molar-refractivity contribution in [1.82, 2.24) is 9.55 Å². The third kappa shape index (κ3) is 2.11. The lowest BCUT2D eigenvalue weighted by molar-refractivity contribution is 0.658. The van der Waals surface area contributed by atoms with Crippen molar-refractivity contribution < 1.29 is 0 Å². The lowest BCUT2D eigenvalue weighted by Crippen LogP contribution is -2.12. The fraction of sp³-hybridized carbons (Fsp3) is 0.417. The summed E-state index contributed by atoms with van der Waals surface area (Å²) >= 11 is 8.05. The van der Waals surface area contributed by atoms with E-state index in [1.54, 1.807) is 0 Å². The fourth-order valence-corrected chi connectivity index (χ4v) is 3.72. The molecular weight excluding hydrogens is 254 g/mol. The quantitative estimate of drug-likeness (QED) is 0.909. The molecule has 3 nitrogen and oxygen atoms in total. The first-order valence-corrected chi connectivity index (χ1v) is 7.19. The molecule has 1 atom stereocenters. The molecule has 5 heteroatoms. The summed E-state index contributed by atoms with van der Waals surface area (Å²) in [4.78, 5) is 4.37. The lowest BCUT2D eigenvalue weighted by atomic mass is 10.2. The normalized spacial score (nSPS) is 20.2. The van der Waals surface area contributed by atoms with E-state index in [0.717, 1.165) is 22.6 Å². The molecule has 2 N–H and O–H groups in total. The van der Waals surface area contributed by atoms with E-state index >= 15 is 0 Å². The second-order valence-electron chi connectivity index (χ2n) is 4.35. The Morgan fingerprint density at radius 1 is 1.53 bits per heavy atom. The monoisotopic (exact) mass is 267 g/mol. The van der Waals surface area contributed by atoms with Gasteiger partial charge in [-0.25, -0.2) is 4.98 Å². The maximum atomic E-state index is 6.03.